The summed E-state index contributed by atoms with van der Waals surface area (Å²) in [7, 11) is 0. The summed E-state index contributed by atoms with van der Waals surface area (Å²) in [4.78, 5) is 16.2. The normalized spacial score (nSPS) is 10.8. The van der Waals surface area contributed by atoms with Crippen molar-refractivity contribution in [3.8, 4) is 11.5 Å². The van der Waals surface area contributed by atoms with Gasteiger partial charge < -0.3 is 19.4 Å². The number of nitrogens with zero attached hydrogens (tertiary/aromatic N) is 2. The van der Waals surface area contributed by atoms with Crippen LogP contribution in [0.2, 0.25) is 0 Å². The molecule has 0 fully saturated rings. The van der Waals surface area contributed by atoms with Gasteiger partial charge in [-0.3, -0.25) is 4.79 Å². The molecule has 0 bridgehead atoms. The molecule has 0 atom stereocenters. The molecule has 1 amide bonds. The number of hydrogen-bond donors (Lipinski definition) is 1. The summed E-state index contributed by atoms with van der Waals surface area (Å²) in [5.74, 6) is 2.61. The molecule has 6 nitrogen and oxygen atoms in total. The van der Waals surface area contributed by atoms with Crippen molar-refractivity contribution in [1.82, 2.24) is 14.9 Å². The minimum Gasteiger partial charge on any atom is -0.490 e. The number of nitrogens with one attached hydrogen (secondary N) is 1. The minimum absolute atomic E-state index is 0.0832. The van der Waals surface area contributed by atoms with Crippen LogP contribution in [-0.2, 0) is 17.8 Å². The molecule has 3 aromatic rings. The summed E-state index contributed by atoms with van der Waals surface area (Å²) in [6.45, 7) is 6.29. The zero-order valence-electron chi connectivity index (χ0n) is 17.2. The number of carbonyl (C=O) groups is 1. The number of benzene rings is 2. The van der Waals surface area contributed by atoms with Crippen LogP contribution in [0.15, 0.2) is 48.5 Å². The lowest BCUT2D eigenvalue weighted by Crippen LogP contribution is -2.23. The smallest absolute Gasteiger partial charge is 0.219 e. The lowest BCUT2D eigenvalue weighted by Gasteiger charge is -2.13. The Morgan fingerprint density at radius 2 is 1.76 bits per heavy atom. The Kier molecular flexibility index (Phi) is 7.50. The van der Waals surface area contributed by atoms with E-state index in [0.717, 1.165) is 41.2 Å². The summed E-state index contributed by atoms with van der Waals surface area (Å²) in [6.07, 6.45) is 2.16. The van der Waals surface area contributed by atoms with Crippen molar-refractivity contribution < 1.29 is 14.3 Å². The van der Waals surface area contributed by atoms with Gasteiger partial charge in [0.25, 0.3) is 0 Å². The molecular formula is C23H29N3O3. The van der Waals surface area contributed by atoms with Gasteiger partial charge in [0, 0.05) is 19.4 Å². The van der Waals surface area contributed by atoms with Crippen LogP contribution in [-0.4, -0.2) is 35.2 Å². The van der Waals surface area contributed by atoms with Gasteiger partial charge in [-0.1, -0.05) is 31.2 Å². The molecule has 2 aromatic carbocycles. The molecule has 0 radical (unpaired) electrons. The third kappa shape index (κ3) is 5.50. The Hall–Kier alpha value is -3.02. The highest BCUT2D eigenvalue weighted by atomic mass is 16.5. The van der Waals surface area contributed by atoms with Gasteiger partial charge in [0.1, 0.15) is 12.4 Å². The molecule has 29 heavy (non-hydrogen) atoms. The van der Waals surface area contributed by atoms with E-state index < -0.39 is 0 Å². The third-order valence-corrected chi connectivity index (χ3v) is 4.68. The number of carbonyl (C=O) groups excluding carboxylic acids is 1. The second kappa shape index (κ2) is 10.5. The van der Waals surface area contributed by atoms with E-state index in [4.69, 9.17) is 14.5 Å². The van der Waals surface area contributed by atoms with Crippen LogP contribution >= 0.6 is 0 Å². The predicted molar refractivity (Wildman–Crippen MR) is 114 cm³/mol. The van der Waals surface area contributed by atoms with Crippen molar-refractivity contribution in [3.05, 3.63) is 54.4 Å². The molecule has 1 heterocycles. The van der Waals surface area contributed by atoms with Crippen molar-refractivity contribution in [3.63, 3.8) is 0 Å². The van der Waals surface area contributed by atoms with Crippen LogP contribution in [0.25, 0.3) is 11.0 Å². The Balaban J connectivity index is 1.67. The van der Waals surface area contributed by atoms with Crippen LogP contribution < -0.4 is 14.8 Å². The van der Waals surface area contributed by atoms with Gasteiger partial charge in [-0.05, 0) is 37.6 Å². The van der Waals surface area contributed by atoms with Crippen molar-refractivity contribution in [2.24, 2.45) is 0 Å². The molecule has 0 saturated carbocycles. The van der Waals surface area contributed by atoms with E-state index >= 15 is 0 Å². The first-order valence-corrected chi connectivity index (χ1v) is 10.3. The van der Waals surface area contributed by atoms with E-state index in [1.807, 2.05) is 56.3 Å². The first-order chi connectivity index (χ1) is 14.2. The summed E-state index contributed by atoms with van der Waals surface area (Å²) < 4.78 is 13.9. The first kappa shape index (κ1) is 20.7. The number of rotatable bonds is 11. The van der Waals surface area contributed by atoms with Crippen LogP contribution in [0, 0.1) is 0 Å². The van der Waals surface area contributed by atoms with Gasteiger partial charge in [-0.15, -0.1) is 0 Å². The minimum atomic E-state index is 0.0832. The van der Waals surface area contributed by atoms with Crippen LogP contribution in [0.1, 0.15) is 32.5 Å². The summed E-state index contributed by atoms with van der Waals surface area (Å²) in [5.41, 5.74) is 2.08. The number of fused-ring (bicyclic) bond motifs is 1. The molecule has 3 rings (SSSR count). The van der Waals surface area contributed by atoms with Gasteiger partial charge in [-0.25, -0.2) is 4.98 Å². The maximum absolute atomic E-state index is 11.4. The van der Waals surface area contributed by atoms with E-state index in [2.05, 4.69) is 16.0 Å². The fourth-order valence-electron chi connectivity index (χ4n) is 3.26. The number of ether oxygens (including phenoxy) is 2. The summed E-state index contributed by atoms with van der Waals surface area (Å²) in [6, 6.07) is 15.9. The van der Waals surface area contributed by atoms with Crippen LogP contribution in [0.5, 0.6) is 11.5 Å². The summed E-state index contributed by atoms with van der Waals surface area (Å²) >= 11 is 0. The maximum Gasteiger partial charge on any atom is 0.219 e. The van der Waals surface area contributed by atoms with Crippen molar-refractivity contribution >= 4 is 16.9 Å². The molecule has 1 N–H and O–H groups in total. The maximum atomic E-state index is 11.4. The van der Waals surface area contributed by atoms with Gasteiger partial charge in [-0.2, -0.15) is 0 Å². The highest BCUT2D eigenvalue weighted by Gasteiger charge is 2.11. The molecular weight excluding hydrogens is 366 g/mol. The fraction of sp³-hybridized carbons (Fsp3) is 0.391. The van der Waals surface area contributed by atoms with Gasteiger partial charge in [0.15, 0.2) is 11.5 Å². The monoisotopic (exact) mass is 395 g/mol. The Bertz CT molecular complexity index is 936. The van der Waals surface area contributed by atoms with Gasteiger partial charge >= 0.3 is 0 Å². The van der Waals surface area contributed by atoms with E-state index in [1.54, 1.807) is 0 Å². The Labute approximate surface area is 171 Å². The van der Waals surface area contributed by atoms with E-state index in [1.165, 1.54) is 0 Å². The fourth-order valence-corrected chi connectivity index (χ4v) is 3.26. The number of para-hydroxylation sites is 4. The lowest BCUT2D eigenvalue weighted by molar-refractivity contribution is -0.120. The molecule has 6 heteroatoms. The topological polar surface area (TPSA) is 65.4 Å². The SMILES string of the molecule is CCOc1ccccc1OCCn1c(CCCNC(=O)CC)nc2ccccc21. The first-order valence-electron chi connectivity index (χ1n) is 10.3. The molecule has 0 aliphatic carbocycles. The second-order valence-electron chi connectivity index (χ2n) is 6.70. The predicted octanol–water partition coefficient (Wildman–Crippen LogP) is 3.97. The molecule has 1 aromatic heterocycles. The quantitative estimate of drug-likeness (QED) is 0.499. The van der Waals surface area contributed by atoms with Crippen LogP contribution in [0.3, 0.4) is 0 Å². The Morgan fingerprint density at radius 1 is 1.03 bits per heavy atom. The molecule has 0 saturated heterocycles. The standard InChI is InChI=1S/C23H29N3O3/c1-3-23(27)24-15-9-14-22-25-18-10-5-6-11-19(18)26(22)16-17-29-21-13-8-7-12-20(21)28-4-2/h5-8,10-13H,3-4,9,14-17H2,1-2H3,(H,24,27). The van der Waals surface area contributed by atoms with E-state index in [-0.39, 0.29) is 5.91 Å². The number of aryl methyl sites for hydroxylation is 1. The summed E-state index contributed by atoms with van der Waals surface area (Å²) in [5, 5.41) is 2.92. The average molecular weight is 396 g/mol. The highest BCUT2D eigenvalue weighted by molar-refractivity contribution is 5.76. The molecule has 0 spiro atoms. The van der Waals surface area contributed by atoms with Crippen LogP contribution in [0.4, 0.5) is 0 Å². The zero-order chi connectivity index (χ0) is 20.5. The van der Waals surface area contributed by atoms with E-state index in [0.29, 0.717) is 32.7 Å². The van der Waals surface area contributed by atoms with Gasteiger partial charge in [0.05, 0.1) is 24.2 Å². The molecule has 0 aliphatic rings. The molecule has 0 unspecified atom stereocenters. The van der Waals surface area contributed by atoms with E-state index in [9.17, 15) is 4.79 Å². The molecule has 154 valence electrons. The lowest BCUT2D eigenvalue weighted by atomic mass is 10.3. The number of imidazole rings is 1. The third-order valence-electron chi connectivity index (χ3n) is 4.68. The Morgan fingerprint density at radius 3 is 2.52 bits per heavy atom. The van der Waals surface area contributed by atoms with Crippen molar-refractivity contribution in [2.45, 2.75) is 39.7 Å². The number of hydrogen-bond acceptors (Lipinski definition) is 4. The van der Waals surface area contributed by atoms with Crippen molar-refractivity contribution in [1.29, 1.82) is 0 Å². The molecule has 0 aliphatic heterocycles. The van der Waals surface area contributed by atoms with Gasteiger partial charge in [0.2, 0.25) is 5.91 Å². The number of amides is 1. The highest BCUT2D eigenvalue weighted by Crippen LogP contribution is 2.26. The average Bonchev–Trinajstić information content (AvgIpc) is 3.10. The largest absolute Gasteiger partial charge is 0.490 e. The second-order valence-corrected chi connectivity index (χ2v) is 6.70. The zero-order valence-corrected chi connectivity index (χ0v) is 17.2. The van der Waals surface area contributed by atoms with Crippen molar-refractivity contribution in [2.75, 3.05) is 19.8 Å². The number of aromatic nitrogens is 2.